The number of anilines is 2. The van der Waals surface area contributed by atoms with Crippen LogP contribution < -0.4 is 15.0 Å². The first kappa shape index (κ1) is 19.9. The summed E-state index contributed by atoms with van der Waals surface area (Å²) < 4.78 is 7.38. The van der Waals surface area contributed by atoms with Crippen molar-refractivity contribution in [3.63, 3.8) is 0 Å². The number of hydrogen-bond donors (Lipinski definition) is 1. The molecule has 0 aliphatic carbocycles. The van der Waals surface area contributed by atoms with Gasteiger partial charge in [0.1, 0.15) is 11.6 Å². The lowest BCUT2D eigenvalue weighted by Gasteiger charge is -2.25. The first-order valence-electron chi connectivity index (χ1n) is 10.3. The first-order valence-corrected chi connectivity index (χ1v) is 10.3. The molecule has 7 nitrogen and oxygen atoms in total. The number of benzene rings is 2. The van der Waals surface area contributed by atoms with E-state index in [9.17, 15) is 4.79 Å². The van der Waals surface area contributed by atoms with E-state index in [4.69, 9.17) is 4.74 Å². The molecule has 0 unspecified atom stereocenters. The lowest BCUT2D eigenvalue weighted by atomic mass is 10.2. The molecule has 156 valence electrons. The third-order valence-corrected chi connectivity index (χ3v) is 5.48. The summed E-state index contributed by atoms with van der Waals surface area (Å²) in [6.07, 6.45) is 4.38. The van der Waals surface area contributed by atoms with Gasteiger partial charge in [-0.3, -0.25) is 4.90 Å². The van der Waals surface area contributed by atoms with Gasteiger partial charge in [-0.1, -0.05) is 24.6 Å². The van der Waals surface area contributed by atoms with Gasteiger partial charge in [0.2, 0.25) is 0 Å². The number of rotatable bonds is 5. The van der Waals surface area contributed by atoms with Crippen LogP contribution in [0.4, 0.5) is 16.2 Å². The van der Waals surface area contributed by atoms with E-state index in [1.54, 1.807) is 12.0 Å². The molecule has 4 rings (SSSR count). The quantitative estimate of drug-likeness (QED) is 0.675. The van der Waals surface area contributed by atoms with Crippen molar-refractivity contribution in [2.45, 2.75) is 45.7 Å². The van der Waals surface area contributed by atoms with Crippen molar-refractivity contribution in [1.29, 1.82) is 0 Å². The van der Waals surface area contributed by atoms with Crippen LogP contribution >= 0.6 is 0 Å². The van der Waals surface area contributed by atoms with Crippen molar-refractivity contribution >= 4 is 17.4 Å². The lowest BCUT2D eigenvalue weighted by Crippen LogP contribution is -2.36. The Labute approximate surface area is 176 Å². The van der Waals surface area contributed by atoms with E-state index in [1.807, 2.05) is 55.5 Å². The summed E-state index contributed by atoms with van der Waals surface area (Å²) >= 11 is 0. The number of para-hydroxylation sites is 1. The van der Waals surface area contributed by atoms with Gasteiger partial charge in [0.15, 0.2) is 5.82 Å². The Morgan fingerprint density at radius 2 is 1.90 bits per heavy atom. The van der Waals surface area contributed by atoms with Gasteiger partial charge in [0.25, 0.3) is 0 Å². The smallest absolute Gasteiger partial charge is 0.326 e. The van der Waals surface area contributed by atoms with Crippen LogP contribution in [0, 0.1) is 6.92 Å². The molecule has 0 fully saturated rings. The van der Waals surface area contributed by atoms with E-state index in [1.165, 1.54) is 6.42 Å². The minimum atomic E-state index is -0.208. The van der Waals surface area contributed by atoms with Gasteiger partial charge in [-0.15, -0.1) is 10.2 Å². The molecule has 2 aromatic carbocycles. The number of carbonyl (C=O) groups is 1. The molecule has 0 atom stereocenters. The topological polar surface area (TPSA) is 72.3 Å². The predicted octanol–water partition coefficient (Wildman–Crippen LogP) is 4.56. The number of amides is 2. The van der Waals surface area contributed by atoms with Crippen LogP contribution in [-0.4, -0.2) is 27.9 Å². The molecule has 30 heavy (non-hydrogen) atoms. The van der Waals surface area contributed by atoms with Crippen molar-refractivity contribution in [2.24, 2.45) is 0 Å². The molecule has 0 saturated carbocycles. The summed E-state index contributed by atoms with van der Waals surface area (Å²) in [4.78, 5) is 15.0. The SMILES string of the molecule is COc1ccc(NC(=O)N(Cc2nnc3n2CCCCC3)c2ccccc2C)cc1. The highest BCUT2D eigenvalue weighted by atomic mass is 16.5. The Kier molecular flexibility index (Phi) is 5.97. The fraction of sp³-hybridized carbons (Fsp3) is 0.348. The van der Waals surface area contributed by atoms with Crippen LogP contribution in [0.3, 0.4) is 0 Å². The summed E-state index contributed by atoms with van der Waals surface area (Å²) in [6.45, 7) is 3.27. The molecule has 0 bridgehead atoms. The highest BCUT2D eigenvalue weighted by molar-refractivity contribution is 6.02. The minimum Gasteiger partial charge on any atom is -0.497 e. The Morgan fingerprint density at radius 1 is 1.10 bits per heavy atom. The summed E-state index contributed by atoms with van der Waals surface area (Å²) in [5.41, 5.74) is 2.59. The van der Waals surface area contributed by atoms with Gasteiger partial charge in [0, 0.05) is 24.3 Å². The minimum absolute atomic E-state index is 0.208. The van der Waals surface area contributed by atoms with Crippen LogP contribution in [0.2, 0.25) is 0 Å². The Balaban J connectivity index is 1.62. The number of hydrogen-bond acceptors (Lipinski definition) is 4. The molecule has 3 aromatic rings. The van der Waals surface area contributed by atoms with Crippen molar-refractivity contribution in [3.8, 4) is 5.75 Å². The van der Waals surface area contributed by atoms with E-state index >= 15 is 0 Å². The molecule has 2 heterocycles. The molecule has 0 spiro atoms. The van der Waals surface area contributed by atoms with Gasteiger partial charge in [0.05, 0.1) is 13.7 Å². The Morgan fingerprint density at radius 3 is 2.67 bits per heavy atom. The van der Waals surface area contributed by atoms with E-state index in [0.717, 1.165) is 54.5 Å². The Bertz CT molecular complexity index is 1010. The normalized spacial score (nSPS) is 13.3. The van der Waals surface area contributed by atoms with Gasteiger partial charge in [-0.25, -0.2) is 4.79 Å². The van der Waals surface area contributed by atoms with Gasteiger partial charge >= 0.3 is 6.03 Å². The number of nitrogens with one attached hydrogen (secondary N) is 1. The maximum atomic E-state index is 13.3. The average molecular weight is 406 g/mol. The fourth-order valence-corrected chi connectivity index (χ4v) is 3.80. The largest absolute Gasteiger partial charge is 0.497 e. The fourth-order valence-electron chi connectivity index (χ4n) is 3.80. The molecule has 1 aliphatic heterocycles. The van der Waals surface area contributed by atoms with Crippen molar-refractivity contribution in [1.82, 2.24) is 14.8 Å². The molecular formula is C23H27N5O2. The highest BCUT2D eigenvalue weighted by Crippen LogP contribution is 2.24. The van der Waals surface area contributed by atoms with Crippen LogP contribution in [-0.2, 0) is 19.5 Å². The predicted molar refractivity (Wildman–Crippen MR) is 117 cm³/mol. The number of aryl methyl sites for hydroxylation is 2. The molecule has 1 N–H and O–H groups in total. The zero-order valence-corrected chi connectivity index (χ0v) is 17.5. The average Bonchev–Trinajstić information content (AvgIpc) is 2.98. The third kappa shape index (κ3) is 4.30. The van der Waals surface area contributed by atoms with Crippen molar-refractivity contribution < 1.29 is 9.53 Å². The number of urea groups is 1. The summed E-state index contributed by atoms with van der Waals surface area (Å²) in [5.74, 6) is 2.58. The summed E-state index contributed by atoms with van der Waals surface area (Å²) in [6, 6.07) is 15.0. The second kappa shape index (κ2) is 8.98. The Hall–Kier alpha value is -3.35. The van der Waals surface area contributed by atoms with Crippen LogP contribution in [0.1, 0.15) is 36.5 Å². The van der Waals surface area contributed by atoms with E-state index in [2.05, 4.69) is 20.1 Å². The molecular weight excluding hydrogens is 378 g/mol. The van der Waals surface area contributed by atoms with Gasteiger partial charge in [-0.05, 0) is 55.7 Å². The number of methoxy groups -OCH3 is 1. The molecule has 0 radical (unpaired) electrons. The first-order chi connectivity index (χ1) is 14.7. The third-order valence-electron chi connectivity index (χ3n) is 5.48. The molecule has 1 aromatic heterocycles. The summed E-state index contributed by atoms with van der Waals surface area (Å²) in [7, 11) is 1.62. The molecule has 7 heteroatoms. The zero-order chi connectivity index (χ0) is 20.9. The van der Waals surface area contributed by atoms with E-state index in [0.29, 0.717) is 12.2 Å². The number of fused-ring (bicyclic) bond motifs is 1. The van der Waals surface area contributed by atoms with Crippen LogP contribution in [0.5, 0.6) is 5.75 Å². The number of carbonyl (C=O) groups excluding carboxylic acids is 1. The van der Waals surface area contributed by atoms with Gasteiger partial charge in [-0.2, -0.15) is 0 Å². The zero-order valence-electron chi connectivity index (χ0n) is 17.5. The second-order valence-corrected chi connectivity index (χ2v) is 7.53. The van der Waals surface area contributed by atoms with E-state index in [-0.39, 0.29) is 6.03 Å². The monoisotopic (exact) mass is 405 g/mol. The molecule has 1 aliphatic rings. The summed E-state index contributed by atoms with van der Waals surface area (Å²) in [5, 5.41) is 11.8. The molecule has 2 amide bonds. The standard InChI is InChI=1S/C23H27N5O2/c1-17-8-5-6-9-20(17)28(23(29)24-18-11-13-19(30-2)14-12-18)16-22-26-25-21-10-4-3-7-15-27(21)22/h5-6,8-9,11-14H,3-4,7,10,15-16H2,1-2H3,(H,24,29). The van der Waals surface area contributed by atoms with Crippen LogP contribution in [0.25, 0.3) is 0 Å². The maximum Gasteiger partial charge on any atom is 0.326 e. The molecule has 0 saturated heterocycles. The van der Waals surface area contributed by atoms with Crippen LogP contribution in [0.15, 0.2) is 48.5 Å². The number of ether oxygens (including phenoxy) is 1. The van der Waals surface area contributed by atoms with Gasteiger partial charge < -0.3 is 14.6 Å². The maximum absolute atomic E-state index is 13.3. The highest BCUT2D eigenvalue weighted by Gasteiger charge is 2.23. The lowest BCUT2D eigenvalue weighted by molar-refractivity contribution is 0.256. The number of nitrogens with zero attached hydrogens (tertiary/aromatic N) is 4. The number of aromatic nitrogens is 3. The van der Waals surface area contributed by atoms with Crippen molar-refractivity contribution in [2.75, 3.05) is 17.3 Å². The van der Waals surface area contributed by atoms with Crippen molar-refractivity contribution in [3.05, 3.63) is 65.7 Å². The second-order valence-electron chi connectivity index (χ2n) is 7.53. The van der Waals surface area contributed by atoms with E-state index < -0.39 is 0 Å².